The van der Waals surface area contributed by atoms with E-state index in [0.29, 0.717) is 30.3 Å². The van der Waals surface area contributed by atoms with Crippen LogP contribution in [0.3, 0.4) is 0 Å². The van der Waals surface area contributed by atoms with E-state index in [-0.39, 0.29) is 18.3 Å². The molecule has 2 rings (SSSR count). The Labute approximate surface area is 147 Å². The molecule has 2 aromatic carbocycles. The van der Waals surface area contributed by atoms with Gasteiger partial charge in [0.05, 0.1) is 13.0 Å². The zero-order valence-corrected chi connectivity index (χ0v) is 14.3. The highest BCUT2D eigenvalue weighted by Crippen LogP contribution is 2.14. The van der Waals surface area contributed by atoms with Gasteiger partial charge in [-0.3, -0.25) is 9.59 Å². The Morgan fingerprint density at radius 2 is 1.71 bits per heavy atom. The van der Waals surface area contributed by atoms with Crippen LogP contribution in [0.25, 0.3) is 0 Å². The zero-order chi connectivity index (χ0) is 17.4. The number of halogens is 1. The van der Waals surface area contributed by atoms with E-state index in [0.717, 1.165) is 5.56 Å². The van der Waals surface area contributed by atoms with Crippen molar-refractivity contribution in [1.29, 1.82) is 0 Å². The van der Waals surface area contributed by atoms with Crippen molar-refractivity contribution in [3.63, 3.8) is 0 Å². The smallest absolute Gasteiger partial charge is 0.307 e. The average molecular weight is 346 g/mol. The second-order valence-corrected chi connectivity index (χ2v) is 5.71. The molecule has 0 bridgehead atoms. The molecule has 0 radical (unpaired) electrons. The van der Waals surface area contributed by atoms with Gasteiger partial charge in [-0.25, -0.2) is 0 Å². The molecule has 1 amide bonds. The van der Waals surface area contributed by atoms with Crippen molar-refractivity contribution in [3.05, 3.63) is 70.7 Å². The summed E-state index contributed by atoms with van der Waals surface area (Å²) < 4.78 is 4.95. The summed E-state index contributed by atoms with van der Waals surface area (Å²) >= 11 is 5.88. The van der Waals surface area contributed by atoms with E-state index in [1.54, 1.807) is 36.1 Å². The summed E-state index contributed by atoms with van der Waals surface area (Å²) in [6.07, 6.45) is 0.167. The molecule has 0 aliphatic carbocycles. The standard InChI is InChI=1S/C19H20ClNO3/c1-2-24-18(22)12-13-21(14-15-6-4-3-5-7-15)19(23)16-8-10-17(20)11-9-16/h3-11H,2,12-14H2,1H3. The van der Waals surface area contributed by atoms with Gasteiger partial charge < -0.3 is 9.64 Å². The van der Waals surface area contributed by atoms with E-state index in [1.807, 2.05) is 30.3 Å². The van der Waals surface area contributed by atoms with Crippen LogP contribution in [0.1, 0.15) is 29.3 Å². The molecule has 0 saturated carbocycles. The normalized spacial score (nSPS) is 10.2. The van der Waals surface area contributed by atoms with Gasteiger partial charge in [0.2, 0.25) is 0 Å². The minimum atomic E-state index is -0.306. The molecule has 126 valence electrons. The maximum absolute atomic E-state index is 12.8. The van der Waals surface area contributed by atoms with Crippen molar-refractivity contribution in [3.8, 4) is 0 Å². The van der Waals surface area contributed by atoms with Gasteiger partial charge >= 0.3 is 5.97 Å². The van der Waals surface area contributed by atoms with Crippen molar-refractivity contribution in [2.24, 2.45) is 0 Å². The maximum atomic E-state index is 12.8. The first-order chi connectivity index (χ1) is 11.6. The van der Waals surface area contributed by atoms with E-state index >= 15 is 0 Å². The molecule has 0 spiro atoms. The molecule has 0 aliphatic heterocycles. The van der Waals surface area contributed by atoms with Crippen LogP contribution < -0.4 is 0 Å². The summed E-state index contributed by atoms with van der Waals surface area (Å²) in [5.41, 5.74) is 1.54. The first-order valence-electron chi connectivity index (χ1n) is 7.84. The van der Waals surface area contributed by atoms with Gasteiger partial charge in [-0.05, 0) is 36.8 Å². The van der Waals surface area contributed by atoms with E-state index in [1.165, 1.54) is 0 Å². The van der Waals surface area contributed by atoms with Crippen LogP contribution >= 0.6 is 11.6 Å². The molecule has 5 heteroatoms. The topological polar surface area (TPSA) is 46.6 Å². The van der Waals surface area contributed by atoms with Gasteiger partial charge in [0, 0.05) is 23.7 Å². The summed E-state index contributed by atoms with van der Waals surface area (Å²) in [6.45, 7) is 2.83. The Morgan fingerprint density at radius 3 is 2.33 bits per heavy atom. The number of esters is 1. The zero-order valence-electron chi connectivity index (χ0n) is 13.6. The van der Waals surface area contributed by atoms with Crippen LogP contribution in [0.4, 0.5) is 0 Å². The SMILES string of the molecule is CCOC(=O)CCN(Cc1ccccc1)C(=O)c1ccc(Cl)cc1. The Morgan fingerprint density at radius 1 is 1.04 bits per heavy atom. The van der Waals surface area contributed by atoms with Gasteiger partial charge in [0.25, 0.3) is 5.91 Å². The summed E-state index contributed by atoms with van der Waals surface area (Å²) in [5, 5.41) is 0.577. The number of nitrogens with zero attached hydrogens (tertiary/aromatic N) is 1. The van der Waals surface area contributed by atoms with Crippen molar-refractivity contribution < 1.29 is 14.3 Å². The molecule has 0 aliphatic rings. The molecule has 0 N–H and O–H groups in total. The number of hydrogen-bond acceptors (Lipinski definition) is 3. The second kappa shape index (κ2) is 9.08. The number of benzene rings is 2. The van der Waals surface area contributed by atoms with Crippen LogP contribution in [-0.4, -0.2) is 29.9 Å². The summed E-state index contributed by atoms with van der Waals surface area (Å²) in [7, 11) is 0. The Bertz CT molecular complexity index is 671. The Balaban J connectivity index is 2.13. The molecular weight excluding hydrogens is 326 g/mol. The molecule has 0 atom stereocenters. The Hall–Kier alpha value is -2.33. The number of carbonyl (C=O) groups excluding carboxylic acids is 2. The van der Waals surface area contributed by atoms with E-state index in [9.17, 15) is 9.59 Å². The summed E-state index contributed by atoms with van der Waals surface area (Å²) in [6, 6.07) is 16.4. The molecule has 0 aromatic heterocycles. The largest absolute Gasteiger partial charge is 0.466 e. The third-order valence-corrected chi connectivity index (χ3v) is 3.74. The molecule has 0 unspecified atom stereocenters. The van der Waals surface area contributed by atoms with Crippen LogP contribution in [0, 0.1) is 0 Å². The lowest BCUT2D eigenvalue weighted by atomic mass is 10.1. The fourth-order valence-electron chi connectivity index (χ4n) is 2.29. The van der Waals surface area contributed by atoms with Crippen molar-refractivity contribution in [1.82, 2.24) is 4.90 Å². The first-order valence-corrected chi connectivity index (χ1v) is 8.22. The van der Waals surface area contributed by atoms with Gasteiger partial charge in [-0.15, -0.1) is 0 Å². The van der Waals surface area contributed by atoms with Crippen LogP contribution in [0.5, 0.6) is 0 Å². The van der Waals surface area contributed by atoms with Crippen LogP contribution in [-0.2, 0) is 16.1 Å². The molecule has 0 fully saturated rings. The highest BCUT2D eigenvalue weighted by Gasteiger charge is 2.17. The molecule has 0 saturated heterocycles. The number of rotatable bonds is 7. The van der Waals surface area contributed by atoms with Crippen LogP contribution in [0.2, 0.25) is 5.02 Å². The fraction of sp³-hybridized carbons (Fsp3) is 0.263. The van der Waals surface area contributed by atoms with E-state index < -0.39 is 0 Å². The third-order valence-electron chi connectivity index (χ3n) is 3.49. The minimum absolute atomic E-state index is 0.139. The highest BCUT2D eigenvalue weighted by molar-refractivity contribution is 6.30. The second-order valence-electron chi connectivity index (χ2n) is 5.27. The number of hydrogen-bond donors (Lipinski definition) is 0. The van der Waals surface area contributed by atoms with E-state index in [2.05, 4.69) is 0 Å². The predicted molar refractivity (Wildman–Crippen MR) is 93.9 cm³/mol. The molecule has 24 heavy (non-hydrogen) atoms. The maximum Gasteiger partial charge on any atom is 0.307 e. The van der Waals surface area contributed by atoms with Crippen molar-refractivity contribution >= 4 is 23.5 Å². The van der Waals surface area contributed by atoms with Gasteiger partial charge in [-0.2, -0.15) is 0 Å². The average Bonchev–Trinajstić information content (AvgIpc) is 2.60. The van der Waals surface area contributed by atoms with Gasteiger partial charge in [0.15, 0.2) is 0 Å². The first kappa shape index (κ1) is 18.0. The lowest BCUT2D eigenvalue weighted by Gasteiger charge is -2.22. The predicted octanol–water partition coefficient (Wildman–Crippen LogP) is 3.94. The molecule has 4 nitrogen and oxygen atoms in total. The number of ether oxygens (including phenoxy) is 1. The lowest BCUT2D eigenvalue weighted by Crippen LogP contribution is -2.32. The van der Waals surface area contributed by atoms with Crippen LogP contribution in [0.15, 0.2) is 54.6 Å². The van der Waals surface area contributed by atoms with Gasteiger partial charge in [0.1, 0.15) is 0 Å². The number of carbonyl (C=O) groups is 2. The number of amides is 1. The van der Waals surface area contributed by atoms with E-state index in [4.69, 9.17) is 16.3 Å². The summed E-state index contributed by atoms with van der Waals surface area (Å²) in [4.78, 5) is 26.0. The van der Waals surface area contributed by atoms with Crippen molar-refractivity contribution in [2.75, 3.05) is 13.2 Å². The molecule has 0 heterocycles. The monoisotopic (exact) mass is 345 g/mol. The fourth-order valence-corrected chi connectivity index (χ4v) is 2.42. The van der Waals surface area contributed by atoms with Gasteiger partial charge in [-0.1, -0.05) is 41.9 Å². The van der Waals surface area contributed by atoms with Crippen molar-refractivity contribution in [2.45, 2.75) is 19.9 Å². The third kappa shape index (κ3) is 5.39. The highest BCUT2D eigenvalue weighted by atomic mass is 35.5. The lowest BCUT2D eigenvalue weighted by molar-refractivity contribution is -0.143. The molecular formula is C19H20ClNO3. The Kier molecular flexibility index (Phi) is 6.82. The molecule has 2 aromatic rings. The quantitative estimate of drug-likeness (QED) is 0.714. The minimum Gasteiger partial charge on any atom is -0.466 e. The summed E-state index contributed by atoms with van der Waals surface area (Å²) in [5.74, 6) is -0.445.